The molecule has 0 aromatic carbocycles. The lowest BCUT2D eigenvalue weighted by Gasteiger charge is -2.22. The molecule has 1 heterocycles. The van der Waals surface area contributed by atoms with Crippen LogP contribution in [-0.2, 0) is 0 Å². The van der Waals surface area contributed by atoms with E-state index < -0.39 is 0 Å². The summed E-state index contributed by atoms with van der Waals surface area (Å²) < 4.78 is 0. The standard InChI is InChI=1S/C9H14N2S.ClH/c1-2-4-8(5-3-1)11-9-10-6-7-12-9;/h6-8H,1-5H2,(H,10,11);1H. The van der Waals surface area contributed by atoms with Gasteiger partial charge in [-0.2, -0.15) is 0 Å². The fourth-order valence-electron chi connectivity index (χ4n) is 1.72. The summed E-state index contributed by atoms with van der Waals surface area (Å²) in [7, 11) is 0. The Morgan fingerprint density at radius 1 is 1.31 bits per heavy atom. The molecule has 13 heavy (non-hydrogen) atoms. The summed E-state index contributed by atoms with van der Waals surface area (Å²) in [5.41, 5.74) is 0. The maximum Gasteiger partial charge on any atom is 0.182 e. The van der Waals surface area contributed by atoms with E-state index in [9.17, 15) is 0 Å². The van der Waals surface area contributed by atoms with Gasteiger partial charge in [-0.05, 0) is 12.8 Å². The summed E-state index contributed by atoms with van der Waals surface area (Å²) in [6.07, 6.45) is 8.66. The molecular weight excluding hydrogens is 204 g/mol. The topological polar surface area (TPSA) is 24.9 Å². The second-order valence-electron chi connectivity index (χ2n) is 3.32. The number of thiazole rings is 1. The van der Waals surface area contributed by atoms with Crippen molar-refractivity contribution in [2.24, 2.45) is 0 Å². The Kier molecular flexibility index (Phi) is 4.53. The van der Waals surface area contributed by atoms with Crippen LogP contribution in [-0.4, -0.2) is 11.0 Å². The molecule has 1 aromatic rings. The number of hydrogen-bond donors (Lipinski definition) is 1. The molecule has 1 saturated carbocycles. The SMILES string of the molecule is Cl.c1csc(NC2CCCCC2)n1. The summed E-state index contributed by atoms with van der Waals surface area (Å²) in [6, 6.07) is 0.685. The molecule has 1 N–H and O–H groups in total. The molecule has 0 atom stereocenters. The van der Waals surface area contributed by atoms with Crippen LogP contribution in [0, 0.1) is 0 Å². The molecule has 1 aliphatic carbocycles. The molecule has 2 nitrogen and oxygen atoms in total. The molecule has 0 saturated heterocycles. The molecule has 1 aromatic heterocycles. The fraction of sp³-hybridized carbons (Fsp3) is 0.667. The summed E-state index contributed by atoms with van der Waals surface area (Å²) in [4.78, 5) is 4.22. The van der Waals surface area contributed by atoms with Crippen molar-refractivity contribution in [1.82, 2.24) is 4.98 Å². The van der Waals surface area contributed by atoms with Crippen LogP contribution in [0.1, 0.15) is 32.1 Å². The van der Waals surface area contributed by atoms with Crippen molar-refractivity contribution in [3.63, 3.8) is 0 Å². The Labute approximate surface area is 89.2 Å². The number of aromatic nitrogens is 1. The lowest BCUT2D eigenvalue weighted by molar-refractivity contribution is 0.462. The minimum absolute atomic E-state index is 0. The summed E-state index contributed by atoms with van der Waals surface area (Å²) in [5, 5.41) is 6.57. The van der Waals surface area contributed by atoms with Crippen LogP contribution in [0.4, 0.5) is 5.13 Å². The van der Waals surface area contributed by atoms with Gasteiger partial charge in [0.15, 0.2) is 5.13 Å². The first-order valence-corrected chi connectivity index (χ1v) is 5.49. The Bertz CT molecular complexity index is 220. The first-order valence-electron chi connectivity index (χ1n) is 4.61. The zero-order valence-corrected chi connectivity index (χ0v) is 9.16. The average molecular weight is 219 g/mol. The van der Waals surface area contributed by atoms with Crippen LogP contribution in [0.3, 0.4) is 0 Å². The number of nitrogens with one attached hydrogen (secondary N) is 1. The number of anilines is 1. The lowest BCUT2D eigenvalue weighted by Crippen LogP contribution is -2.21. The fourth-order valence-corrected chi connectivity index (χ4v) is 2.32. The first kappa shape index (κ1) is 10.8. The number of nitrogens with zero attached hydrogens (tertiary/aromatic N) is 1. The Balaban J connectivity index is 0.000000845. The van der Waals surface area contributed by atoms with Crippen LogP contribution in [0.5, 0.6) is 0 Å². The molecule has 74 valence electrons. The molecule has 2 rings (SSSR count). The van der Waals surface area contributed by atoms with E-state index in [1.807, 2.05) is 11.6 Å². The third kappa shape index (κ3) is 3.16. The van der Waals surface area contributed by atoms with Crippen molar-refractivity contribution in [2.75, 3.05) is 5.32 Å². The van der Waals surface area contributed by atoms with Crippen LogP contribution < -0.4 is 5.32 Å². The summed E-state index contributed by atoms with van der Waals surface area (Å²) in [6.45, 7) is 0. The molecule has 0 radical (unpaired) electrons. The maximum absolute atomic E-state index is 4.22. The van der Waals surface area contributed by atoms with Crippen molar-refractivity contribution >= 4 is 28.9 Å². The van der Waals surface area contributed by atoms with Gasteiger partial charge in [-0.15, -0.1) is 23.7 Å². The van der Waals surface area contributed by atoms with Gasteiger partial charge in [0.05, 0.1) is 0 Å². The smallest absolute Gasteiger partial charge is 0.182 e. The molecular formula is C9H15ClN2S. The Morgan fingerprint density at radius 3 is 2.69 bits per heavy atom. The molecule has 0 unspecified atom stereocenters. The predicted octanol–water partition coefficient (Wildman–Crippen LogP) is 3.31. The van der Waals surface area contributed by atoms with Gasteiger partial charge in [-0.1, -0.05) is 19.3 Å². The number of rotatable bonds is 2. The molecule has 1 aliphatic rings. The van der Waals surface area contributed by atoms with E-state index in [-0.39, 0.29) is 12.4 Å². The highest BCUT2D eigenvalue weighted by atomic mass is 35.5. The molecule has 0 spiro atoms. The highest BCUT2D eigenvalue weighted by molar-refractivity contribution is 7.13. The molecule has 0 amide bonds. The van der Waals surface area contributed by atoms with Crippen molar-refractivity contribution in [3.8, 4) is 0 Å². The number of halogens is 1. The summed E-state index contributed by atoms with van der Waals surface area (Å²) in [5.74, 6) is 0. The van der Waals surface area contributed by atoms with E-state index in [1.165, 1.54) is 32.1 Å². The van der Waals surface area contributed by atoms with E-state index in [2.05, 4.69) is 10.3 Å². The molecule has 0 bridgehead atoms. The Hall–Kier alpha value is -0.280. The highest BCUT2D eigenvalue weighted by Crippen LogP contribution is 2.22. The van der Waals surface area contributed by atoms with E-state index in [0.29, 0.717) is 6.04 Å². The van der Waals surface area contributed by atoms with Gasteiger partial charge in [0.2, 0.25) is 0 Å². The van der Waals surface area contributed by atoms with Crippen LogP contribution in [0.2, 0.25) is 0 Å². The average Bonchev–Trinajstić information content (AvgIpc) is 2.59. The van der Waals surface area contributed by atoms with E-state index >= 15 is 0 Å². The van der Waals surface area contributed by atoms with Crippen molar-refractivity contribution < 1.29 is 0 Å². The maximum atomic E-state index is 4.22. The quantitative estimate of drug-likeness (QED) is 0.824. The van der Waals surface area contributed by atoms with Crippen molar-refractivity contribution in [1.29, 1.82) is 0 Å². The zero-order chi connectivity index (χ0) is 8.23. The third-order valence-electron chi connectivity index (χ3n) is 2.37. The second kappa shape index (κ2) is 5.45. The molecule has 1 fully saturated rings. The highest BCUT2D eigenvalue weighted by Gasteiger charge is 2.13. The van der Waals surface area contributed by atoms with Gasteiger partial charge in [0, 0.05) is 17.6 Å². The zero-order valence-electron chi connectivity index (χ0n) is 7.53. The predicted molar refractivity (Wildman–Crippen MR) is 59.9 cm³/mol. The summed E-state index contributed by atoms with van der Waals surface area (Å²) >= 11 is 1.69. The van der Waals surface area contributed by atoms with Crippen LogP contribution in [0.25, 0.3) is 0 Å². The van der Waals surface area contributed by atoms with Crippen molar-refractivity contribution in [2.45, 2.75) is 38.1 Å². The second-order valence-corrected chi connectivity index (χ2v) is 4.21. The van der Waals surface area contributed by atoms with E-state index in [4.69, 9.17) is 0 Å². The van der Waals surface area contributed by atoms with Gasteiger partial charge in [0.25, 0.3) is 0 Å². The largest absolute Gasteiger partial charge is 0.359 e. The molecule has 0 aliphatic heterocycles. The van der Waals surface area contributed by atoms with Gasteiger partial charge in [-0.3, -0.25) is 0 Å². The number of hydrogen-bond acceptors (Lipinski definition) is 3. The van der Waals surface area contributed by atoms with Crippen LogP contribution >= 0.6 is 23.7 Å². The normalized spacial score (nSPS) is 17.8. The first-order chi connectivity index (χ1) is 5.95. The van der Waals surface area contributed by atoms with Crippen molar-refractivity contribution in [3.05, 3.63) is 11.6 Å². The lowest BCUT2D eigenvalue weighted by atomic mass is 9.96. The minimum Gasteiger partial charge on any atom is -0.359 e. The van der Waals surface area contributed by atoms with E-state index in [1.54, 1.807) is 11.3 Å². The Morgan fingerprint density at radius 2 is 2.08 bits per heavy atom. The van der Waals surface area contributed by atoms with Gasteiger partial charge in [-0.25, -0.2) is 4.98 Å². The molecule has 4 heteroatoms. The monoisotopic (exact) mass is 218 g/mol. The van der Waals surface area contributed by atoms with Crippen LogP contribution in [0.15, 0.2) is 11.6 Å². The van der Waals surface area contributed by atoms with Gasteiger partial charge < -0.3 is 5.32 Å². The van der Waals surface area contributed by atoms with Gasteiger partial charge >= 0.3 is 0 Å². The minimum atomic E-state index is 0. The third-order valence-corrected chi connectivity index (χ3v) is 3.07. The van der Waals surface area contributed by atoms with E-state index in [0.717, 1.165) is 5.13 Å². The van der Waals surface area contributed by atoms with Gasteiger partial charge in [0.1, 0.15) is 0 Å².